The third-order valence-electron chi connectivity index (χ3n) is 7.06. The zero-order valence-electron chi connectivity index (χ0n) is 23.4. The van der Waals surface area contributed by atoms with Crippen LogP contribution in [0.5, 0.6) is 5.75 Å². The number of halogens is 5. The molecule has 5 nitrogen and oxygen atoms in total. The van der Waals surface area contributed by atoms with Crippen LogP contribution in [0.3, 0.4) is 0 Å². The molecule has 3 rings (SSSR count). The first kappa shape index (κ1) is 33.1. The van der Waals surface area contributed by atoms with Gasteiger partial charge in [0, 0.05) is 22.4 Å². The molecular weight excluding hydrogens is 590 g/mol. The zero-order valence-corrected chi connectivity index (χ0v) is 24.9. The van der Waals surface area contributed by atoms with E-state index in [0.717, 1.165) is 5.56 Å². The molecule has 224 valence electrons. The number of ether oxygens (including phenoxy) is 1. The molecule has 0 aliphatic heterocycles. The van der Waals surface area contributed by atoms with E-state index in [-0.39, 0.29) is 12.8 Å². The molecule has 0 saturated heterocycles. The van der Waals surface area contributed by atoms with Crippen molar-refractivity contribution in [2.24, 2.45) is 11.8 Å². The summed E-state index contributed by atoms with van der Waals surface area (Å²) in [5, 5.41) is 3.72. The quantitative estimate of drug-likeness (QED) is 0.216. The summed E-state index contributed by atoms with van der Waals surface area (Å²) in [6, 6.07) is 19.3. The Labute approximate surface area is 253 Å². The van der Waals surface area contributed by atoms with Gasteiger partial charge in [0.1, 0.15) is 5.75 Å². The Morgan fingerprint density at radius 2 is 1.50 bits per heavy atom. The first-order valence-electron chi connectivity index (χ1n) is 13.4. The lowest BCUT2D eigenvalue weighted by Gasteiger charge is -2.26. The van der Waals surface area contributed by atoms with E-state index in [4.69, 9.17) is 27.9 Å². The molecule has 0 radical (unpaired) electrons. The largest absolute Gasteiger partial charge is 0.497 e. The van der Waals surface area contributed by atoms with Crippen LogP contribution in [0.1, 0.15) is 42.9 Å². The van der Waals surface area contributed by atoms with Gasteiger partial charge in [-0.25, -0.2) is 0 Å². The molecule has 1 unspecified atom stereocenters. The van der Waals surface area contributed by atoms with Crippen LogP contribution in [0.25, 0.3) is 0 Å². The lowest BCUT2D eigenvalue weighted by molar-refractivity contribution is -0.177. The van der Waals surface area contributed by atoms with E-state index in [1.807, 2.05) is 0 Å². The molecule has 0 aromatic heterocycles. The van der Waals surface area contributed by atoms with Crippen molar-refractivity contribution in [3.05, 3.63) is 99.5 Å². The van der Waals surface area contributed by atoms with E-state index in [2.05, 4.69) is 5.32 Å². The third-order valence-corrected chi connectivity index (χ3v) is 7.55. The summed E-state index contributed by atoms with van der Waals surface area (Å²) >= 11 is 12.2. The molecule has 1 N–H and O–H groups in total. The summed E-state index contributed by atoms with van der Waals surface area (Å²) in [6.07, 6.45) is -5.52. The topological polar surface area (TPSA) is 72.5 Å². The van der Waals surface area contributed by atoms with Crippen molar-refractivity contribution in [1.29, 1.82) is 0 Å². The number of rotatable bonds is 13. The highest BCUT2D eigenvalue weighted by Gasteiger charge is 2.45. The fraction of sp³-hybridized carbons (Fsp3) is 0.344. The number of benzene rings is 3. The van der Waals surface area contributed by atoms with Gasteiger partial charge in [-0.05, 0) is 71.8 Å². The van der Waals surface area contributed by atoms with Gasteiger partial charge < -0.3 is 10.1 Å². The summed E-state index contributed by atoms with van der Waals surface area (Å²) in [6.45, 7) is 2.91. The summed E-state index contributed by atoms with van der Waals surface area (Å²) in [4.78, 5) is 39.6. The predicted octanol–water partition coefficient (Wildman–Crippen LogP) is 7.42. The van der Waals surface area contributed by atoms with Gasteiger partial charge in [0.25, 0.3) is 0 Å². The number of ketones is 2. The number of amides is 1. The molecule has 0 spiro atoms. The molecule has 0 fully saturated rings. The molecular formula is C32H32Cl2F3NO4. The standard InChI is InChI=1S/C32H32Cl2F3NO4/c1-19(2)26(30(40)32(35,36)37)18-29(39)28(17-21-5-4-6-24(34)15-21)38-31(41)27(16-20-7-11-23(33)12-8-20)22-9-13-25(42-3)14-10-22/h4-15,19,26-28H,16-18H2,1-3H3,(H,38,41)/t26-,27?,28-/m0/s1. The van der Waals surface area contributed by atoms with Crippen LogP contribution < -0.4 is 10.1 Å². The van der Waals surface area contributed by atoms with Gasteiger partial charge in [-0.3, -0.25) is 14.4 Å². The van der Waals surface area contributed by atoms with E-state index in [0.29, 0.717) is 26.9 Å². The minimum absolute atomic E-state index is 0.0214. The van der Waals surface area contributed by atoms with E-state index >= 15 is 0 Å². The van der Waals surface area contributed by atoms with Crippen LogP contribution in [0.2, 0.25) is 10.0 Å². The number of nitrogens with one attached hydrogen (secondary N) is 1. The van der Waals surface area contributed by atoms with E-state index in [9.17, 15) is 27.6 Å². The van der Waals surface area contributed by atoms with Gasteiger partial charge in [-0.1, -0.05) is 73.4 Å². The lowest BCUT2D eigenvalue weighted by atomic mass is 9.84. The molecule has 0 aliphatic carbocycles. The SMILES string of the molecule is COc1ccc(C(Cc2ccc(Cl)cc2)C(=O)N[C@@H](Cc2cccc(Cl)c2)C(=O)C[C@H](C(=O)C(F)(F)F)C(C)C)cc1. The summed E-state index contributed by atoms with van der Waals surface area (Å²) in [5.41, 5.74) is 2.05. The van der Waals surface area contributed by atoms with Crippen molar-refractivity contribution >= 4 is 40.7 Å². The molecule has 3 aromatic carbocycles. The van der Waals surface area contributed by atoms with Crippen molar-refractivity contribution < 1.29 is 32.3 Å². The molecule has 0 saturated carbocycles. The number of carbonyl (C=O) groups is 3. The number of carbonyl (C=O) groups excluding carboxylic acids is 3. The molecule has 0 heterocycles. The molecule has 3 aromatic rings. The lowest BCUT2D eigenvalue weighted by Crippen LogP contribution is -2.46. The number of alkyl halides is 3. The number of methoxy groups -OCH3 is 1. The highest BCUT2D eigenvalue weighted by atomic mass is 35.5. The van der Waals surface area contributed by atoms with Crippen molar-refractivity contribution in [2.75, 3.05) is 7.11 Å². The Kier molecular flexibility index (Phi) is 11.6. The van der Waals surface area contributed by atoms with Gasteiger partial charge in [-0.15, -0.1) is 0 Å². The van der Waals surface area contributed by atoms with Crippen LogP contribution in [-0.2, 0) is 27.2 Å². The van der Waals surface area contributed by atoms with E-state index in [1.54, 1.807) is 72.8 Å². The second kappa shape index (κ2) is 14.7. The normalized spacial score (nSPS) is 13.7. The smallest absolute Gasteiger partial charge is 0.450 e. The maximum atomic E-state index is 13.9. The predicted molar refractivity (Wildman–Crippen MR) is 157 cm³/mol. The fourth-order valence-electron chi connectivity index (χ4n) is 4.67. The van der Waals surface area contributed by atoms with Gasteiger partial charge in [-0.2, -0.15) is 13.2 Å². The van der Waals surface area contributed by atoms with Crippen LogP contribution in [0.15, 0.2) is 72.8 Å². The van der Waals surface area contributed by atoms with Crippen LogP contribution in [-0.4, -0.2) is 36.8 Å². The summed E-state index contributed by atoms with van der Waals surface area (Å²) in [5.74, 6) is -5.64. The van der Waals surface area contributed by atoms with Crippen molar-refractivity contribution in [2.45, 2.75) is 51.2 Å². The van der Waals surface area contributed by atoms with Crippen LogP contribution >= 0.6 is 23.2 Å². The fourth-order valence-corrected chi connectivity index (χ4v) is 5.01. The second-order valence-electron chi connectivity index (χ2n) is 10.4. The zero-order chi connectivity index (χ0) is 31.0. The Morgan fingerprint density at radius 3 is 2.05 bits per heavy atom. The highest BCUT2D eigenvalue weighted by Crippen LogP contribution is 2.29. The third kappa shape index (κ3) is 9.33. The first-order valence-corrected chi connectivity index (χ1v) is 14.1. The summed E-state index contributed by atoms with van der Waals surface area (Å²) < 4.78 is 45.2. The maximum Gasteiger partial charge on any atom is 0.450 e. The molecule has 3 atom stereocenters. The van der Waals surface area contributed by atoms with Crippen molar-refractivity contribution in [1.82, 2.24) is 5.32 Å². The Balaban J connectivity index is 1.95. The van der Waals surface area contributed by atoms with Crippen molar-refractivity contribution in [3.63, 3.8) is 0 Å². The minimum Gasteiger partial charge on any atom is -0.497 e. The second-order valence-corrected chi connectivity index (χ2v) is 11.3. The molecule has 0 bridgehead atoms. The monoisotopic (exact) mass is 621 g/mol. The number of hydrogen-bond acceptors (Lipinski definition) is 4. The Hall–Kier alpha value is -3.36. The molecule has 0 aliphatic rings. The highest BCUT2D eigenvalue weighted by molar-refractivity contribution is 6.30. The van der Waals surface area contributed by atoms with Crippen molar-refractivity contribution in [3.8, 4) is 5.75 Å². The van der Waals surface area contributed by atoms with Gasteiger partial charge in [0.15, 0.2) is 5.78 Å². The van der Waals surface area contributed by atoms with Gasteiger partial charge in [0.2, 0.25) is 11.7 Å². The Bertz CT molecular complexity index is 1380. The van der Waals surface area contributed by atoms with Gasteiger partial charge in [0.05, 0.1) is 19.1 Å². The molecule has 1 amide bonds. The average Bonchev–Trinajstić information content (AvgIpc) is 2.94. The molecule has 42 heavy (non-hydrogen) atoms. The first-order chi connectivity index (χ1) is 19.8. The number of Topliss-reactive ketones (excluding diaryl/α,β-unsaturated/α-hetero) is 2. The van der Waals surface area contributed by atoms with Gasteiger partial charge >= 0.3 is 6.18 Å². The number of hydrogen-bond donors (Lipinski definition) is 1. The summed E-state index contributed by atoms with van der Waals surface area (Å²) in [7, 11) is 1.52. The van der Waals surface area contributed by atoms with Crippen LogP contribution in [0, 0.1) is 11.8 Å². The van der Waals surface area contributed by atoms with E-state index < -0.39 is 53.9 Å². The average molecular weight is 623 g/mol. The van der Waals surface area contributed by atoms with Crippen LogP contribution in [0.4, 0.5) is 13.2 Å². The Morgan fingerprint density at radius 1 is 0.857 bits per heavy atom. The molecule has 10 heteroatoms. The minimum atomic E-state index is -5.08. The maximum absolute atomic E-state index is 13.9. The van der Waals surface area contributed by atoms with E-state index in [1.165, 1.54) is 21.0 Å².